The Morgan fingerprint density at radius 3 is 2.44 bits per heavy atom. The average molecular weight is 465 g/mol. The first kappa shape index (κ1) is 22.3. The molecule has 4 rings (SSSR count). The Labute approximate surface area is 197 Å². The van der Waals surface area contributed by atoms with Crippen molar-refractivity contribution >= 4 is 44.2 Å². The van der Waals surface area contributed by atoms with Crippen LogP contribution in [0.2, 0.25) is 5.02 Å². The van der Waals surface area contributed by atoms with Crippen LogP contribution >= 0.6 is 22.9 Å². The van der Waals surface area contributed by atoms with Gasteiger partial charge in [0.05, 0.1) is 16.8 Å². The number of anilines is 1. The van der Waals surface area contributed by atoms with E-state index in [1.54, 1.807) is 43.0 Å². The predicted molar refractivity (Wildman–Crippen MR) is 133 cm³/mol. The van der Waals surface area contributed by atoms with E-state index in [-0.39, 0.29) is 5.91 Å². The fourth-order valence-corrected chi connectivity index (χ4v) is 4.90. The summed E-state index contributed by atoms with van der Waals surface area (Å²) in [6, 6.07) is 21.2. The number of rotatable bonds is 6. The van der Waals surface area contributed by atoms with Crippen LogP contribution < -0.4 is 9.64 Å². The molecule has 0 aliphatic heterocycles. The summed E-state index contributed by atoms with van der Waals surface area (Å²) >= 11 is 7.52. The van der Waals surface area contributed by atoms with E-state index in [0.717, 1.165) is 21.3 Å². The van der Waals surface area contributed by atoms with E-state index in [2.05, 4.69) is 26.0 Å². The van der Waals surface area contributed by atoms with Crippen LogP contribution in [0.25, 0.3) is 10.2 Å². The van der Waals surface area contributed by atoms with Crippen LogP contribution in [-0.4, -0.2) is 16.5 Å². The van der Waals surface area contributed by atoms with E-state index in [4.69, 9.17) is 21.3 Å². The lowest BCUT2D eigenvalue weighted by atomic mass is 10.1. The molecule has 0 N–H and O–H groups in total. The average Bonchev–Trinajstić information content (AvgIpc) is 3.18. The zero-order valence-electron chi connectivity index (χ0n) is 18.6. The monoisotopic (exact) mass is 464 g/mol. The Morgan fingerprint density at radius 2 is 1.75 bits per heavy atom. The van der Waals surface area contributed by atoms with E-state index in [0.29, 0.717) is 22.4 Å². The fourth-order valence-electron chi connectivity index (χ4n) is 3.63. The Kier molecular flexibility index (Phi) is 6.22. The molecule has 1 aromatic heterocycles. The van der Waals surface area contributed by atoms with Gasteiger partial charge in [-0.1, -0.05) is 59.3 Å². The molecule has 32 heavy (non-hydrogen) atoms. The van der Waals surface area contributed by atoms with Crippen molar-refractivity contribution in [3.63, 3.8) is 0 Å². The number of fused-ring (bicyclic) bond motifs is 1. The molecule has 0 atom stereocenters. The second kappa shape index (κ2) is 8.93. The number of carbonyl (C=O) groups is 1. The van der Waals surface area contributed by atoms with E-state index >= 15 is 0 Å². The number of benzene rings is 3. The SMILES string of the molecule is Cc1cc(C)c2nc(N(Cc3ccccc3)C(=O)C(C)(C)Oc3ccc(Cl)cc3)sc2c1. The molecule has 0 spiro atoms. The highest BCUT2D eigenvalue weighted by atomic mass is 35.5. The van der Waals surface area contributed by atoms with Crippen LogP contribution in [0.5, 0.6) is 5.75 Å². The molecule has 0 fully saturated rings. The Bertz CT molecular complexity index is 1250. The highest BCUT2D eigenvalue weighted by molar-refractivity contribution is 7.22. The zero-order chi connectivity index (χ0) is 22.9. The summed E-state index contributed by atoms with van der Waals surface area (Å²) in [7, 11) is 0. The molecule has 0 radical (unpaired) electrons. The summed E-state index contributed by atoms with van der Waals surface area (Å²) in [6.45, 7) is 8.10. The van der Waals surface area contributed by atoms with Gasteiger partial charge in [0.2, 0.25) is 0 Å². The predicted octanol–water partition coefficient (Wildman–Crippen LogP) is 6.96. The summed E-state index contributed by atoms with van der Waals surface area (Å²) in [5.74, 6) is 0.424. The molecule has 0 aliphatic rings. The molecule has 0 bridgehead atoms. The molecule has 0 aliphatic carbocycles. The third-order valence-corrected chi connectivity index (χ3v) is 6.46. The van der Waals surface area contributed by atoms with Crippen molar-refractivity contribution in [2.75, 3.05) is 4.90 Å². The maximum Gasteiger partial charge on any atom is 0.272 e. The number of amides is 1. The van der Waals surface area contributed by atoms with E-state index in [9.17, 15) is 4.79 Å². The van der Waals surface area contributed by atoms with E-state index in [1.165, 1.54) is 16.9 Å². The highest BCUT2D eigenvalue weighted by Gasteiger charge is 2.36. The summed E-state index contributed by atoms with van der Waals surface area (Å²) in [4.78, 5) is 20.4. The molecular weight excluding hydrogens is 440 g/mol. The number of carbonyl (C=O) groups excluding carboxylic acids is 1. The van der Waals surface area contributed by atoms with Gasteiger partial charge in [-0.15, -0.1) is 0 Å². The Hall–Kier alpha value is -2.89. The standard InChI is InChI=1S/C26H25ClN2O2S/c1-17-14-18(2)23-22(15-17)32-25(28-23)29(16-19-8-6-5-7-9-19)24(30)26(3,4)31-21-12-10-20(27)11-13-21/h5-15H,16H2,1-4H3. The molecule has 0 saturated heterocycles. The lowest BCUT2D eigenvalue weighted by Gasteiger charge is -2.31. The van der Waals surface area contributed by atoms with Crippen molar-refractivity contribution < 1.29 is 9.53 Å². The van der Waals surface area contributed by atoms with Gasteiger partial charge in [0.25, 0.3) is 5.91 Å². The van der Waals surface area contributed by atoms with Crippen molar-refractivity contribution in [2.45, 2.75) is 39.8 Å². The first-order valence-electron chi connectivity index (χ1n) is 10.4. The van der Waals surface area contributed by atoms with Crippen molar-refractivity contribution in [2.24, 2.45) is 0 Å². The molecule has 0 saturated carbocycles. The van der Waals surface area contributed by atoms with E-state index < -0.39 is 5.60 Å². The van der Waals surface area contributed by atoms with E-state index in [1.807, 2.05) is 30.3 Å². The van der Waals surface area contributed by atoms with Gasteiger partial charge in [0.1, 0.15) is 5.75 Å². The smallest absolute Gasteiger partial charge is 0.272 e. The van der Waals surface area contributed by atoms with Gasteiger partial charge in [0.15, 0.2) is 10.7 Å². The number of aryl methyl sites for hydroxylation is 2. The first-order valence-corrected chi connectivity index (χ1v) is 11.6. The Morgan fingerprint density at radius 1 is 1.06 bits per heavy atom. The summed E-state index contributed by atoms with van der Waals surface area (Å²) in [5.41, 5.74) is 3.13. The zero-order valence-corrected chi connectivity index (χ0v) is 20.1. The third-order valence-electron chi connectivity index (χ3n) is 5.18. The van der Waals surface area contributed by atoms with Gasteiger partial charge in [-0.05, 0) is 74.7 Å². The van der Waals surface area contributed by atoms with Gasteiger partial charge in [-0.3, -0.25) is 9.69 Å². The molecular formula is C26H25ClN2O2S. The normalized spacial score (nSPS) is 11.5. The van der Waals surface area contributed by atoms with Crippen molar-refractivity contribution in [1.82, 2.24) is 4.98 Å². The van der Waals surface area contributed by atoms with Gasteiger partial charge >= 0.3 is 0 Å². The minimum Gasteiger partial charge on any atom is -0.478 e. The van der Waals surface area contributed by atoms with Crippen LogP contribution in [0, 0.1) is 13.8 Å². The van der Waals surface area contributed by atoms with Crippen LogP contribution in [-0.2, 0) is 11.3 Å². The molecule has 1 heterocycles. The van der Waals surface area contributed by atoms with Crippen molar-refractivity contribution in [1.29, 1.82) is 0 Å². The summed E-state index contributed by atoms with van der Waals surface area (Å²) in [6.07, 6.45) is 0. The summed E-state index contributed by atoms with van der Waals surface area (Å²) < 4.78 is 7.17. The third kappa shape index (κ3) is 4.79. The van der Waals surface area contributed by atoms with Gasteiger partial charge in [-0.25, -0.2) is 4.98 Å². The molecule has 3 aromatic carbocycles. The van der Waals surface area contributed by atoms with Crippen molar-refractivity contribution in [3.05, 3.63) is 88.4 Å². The second-order valence-electron chi connectivity index (χ2n) is 8.37. The largest absolute Gasteiger partial charge is 0.478 e. The van der Waals surface area contributed by atoms with Crippen LogP contribution in [0.1, 0.15) is 30.5 Å². The highest BCUT2D eigenvalue weighted by Crippen LogP contribution is 2.34. The first-order chi connectivity index (χ1) is 15.2. The van der Waals surface area contributed by atoms with Gasteiger partial charge in [0, 0.05) is 5.02 Å². The fraction of sp³-hybridized carbons (Fsp3) is 0.231. The maximum absolute atomic E-state index is 13.8. The minimum absolute atomic E-state index is 0.162. The number of hydrogen-bond donors (Lipinski definition) is 0. The van der Waals surface area contributed by atoms with Gasteiger partial charge < -0.3 is 4.74 Å². The number of nitrogens with zero attached hydrogens (tertiary/aromatic N) is 2. The van der Waals surface area contributed by atoms with Crippen LogP contribution in [0.4, 0.5) is 5.13 Å². The van der Waals surface area contributed by atoms with Crippen LogP contribution in [0.15, 0.2) is 66.7 Å². The van der Waals surface area contributed by atoms with Gasteiger partial charge in [-0.2, -0.15) is 0 Å². The maximum atomic E-state index is 13.8. The second-order valence-corrected chi connectivity index (χ2v) is 9.81. The molecule has 4 nitrogen and oxygen atoms in total. The Balaban J connectivity index is 1.72. The summed E-state index contributed by atoms with van der Waals surface area (Å²) in [5, 5.41) is 1.28. The quantitative estimate of drug-likeness (QED) is 0.310. The molecule has 0 unspecified atom stereocenters. The van der Waals surface area contributed by atoms with Crippen LogP contribution in [0.3, 0.4) is 0 Å². The number of aromatic nitrogens is 1. The number of thiazole rings is 1. The molecule has 1 amide bonds. The molecule has 6 heteroatoms. The lowest BCUT2D eigenvalue weighted by molar-refractivity contribution is -0.131. The number of halogens is 1. The topological polar surface area (TPSA) is 42.4 Å². The lowest BCUT2D eigenvalue weighted by Crippen LogP contribution is -2.48. The molecule has 164 valence electrons. The molecule has 4 aromatic rings. The minimum atomic E-state index is -1.11. The number of hydrogen-bond acceptors (Lipinski definition) is 4. The number of ether oxygens (including phenoxy) is 1. The van der Waals surface area contributed by atoms with Crippen molar-refractivity contribution in [3.8, 4) is 5.75 Å².